The van der Waals surface area contributed by atoms with Gasteiger partial charge in [0.1, 0.15) is 0 Å². The first-order chi connectivity index (χ1) is 8.18. The van der Waals surface area contributed by atoms with Gasteiger partial charge in [0.05, 0.1) is 5.60 Å². The van der Waals surface area contributed by atoms with Gasteiger partial charge in [0.2, 0.25) is 0 Å². The monoisotopic (exact) mass is 318 g/mol. The summed E-state index contributed by atoms with van der Waals surface area (Å²) >= 11 is 3.94. The molecule has 1 saturated carbocycles. The summed E-state index contributed by atoms with van der Waals surface area (Å²) in [5.74, 6) is 1.69. The zero-order valence-corrected chi connectivity index (χ0v) is 14.6. The van der Waals surface area contributed by atoms with E-state index in [9.17, 15) is 0 Å². The van der Waals surface area contributed by atoms with Crippen LogP contribution in [0.5, 0.6) is 0 Å². The van der Waals surface area contributed by atoms with Crippen LogP contribution in [0.2, 0.25) is 0 Å². The fourth-order valence-electron chi connectivity index (χ4n) is 3.10. The minimum atomic E-state index is 0.0149. The fourth-order valence-corrected chi connectivity index (χ4v) is 4.72. The van der Waals surface area contributed by atoms with E-state index in [1.807, 2.05) is 7.11 Å². The van der Waals surface area contributed by atoms with Gasteiger partial charge in [-0.1, -0.05) is 43.1 Å². The van der Waals surface area contributed by atoms with E-state index < -0.39 is 0 Å². The Labute approximate surface area is 122 Å². The Morgan fingerprint density at radius 3 is 2.22 bits per heavy atom. The number of methoxy groups -OCH3 is 1. The Morgan fingerprint density at radius 1 is 1.11 bits per heavy atom. The van der Waals surface area contributed by atoms with E-state index in [1.54, 1.807) is 0 Å². The zero-order valence-electron chi connectivity index (χ0n) is 13.1. The van der Waals surface area contributed by atoms with Crippen LogP contribution in [0.3, 0.4) is 0 Å². The SMILES string of the molecule is COC(C)(C)CCC(C)(C)C1CCC(C)CC1Br. The minimum Gasteiger partial charge on any atom is -0.379 e. The summed E-state index contributed by atoms with van der Waals surface area (Å²) in [5, 5.41) is 0. The molecule has 0 aromatic rings. The normalized spacial score (nSPS) is 30.5. The summed E-state index contributed by atoms with van der Waals surface area (Å²) in [7, 11) is 1.82. The van der Waals surface area contributed by atoms with Crippen molar-refractivity contribution in [2.24, 2.45) is 17.3 Å². The summed E-state index contributed by atoms with van der Waals surface area (Å²) < 4.78 is 5.55. The largest absolute Gasteiger partial charge is 0.379 e. The first-order valence-electron chi connectivity index (χ1n) is 7.37. The van der Waals surface area contributed by atoms with Crippen LogP contribution in [0.1, 0.15) is 66.7 Å². The van der Waals surface area contributed by atoms with E-state index in [2.05, 4.69) is 50.5 Å². The average Bonchev–Trinajstić information content (AvgIpc) is 2.26. The third-order valence-corrected chi connectivity index (χ3v) is 5.97. The van der Waals surface area contributed by atoms with Crippen molar-refractivity contribution in [1.82, 2.24) is 0 Å². The van der Waals surface area contributed by atoms with Gasteiger partial charge in [-0.2, -0.15) is 0 Å². The molecule has 0 aromatic heterocycles. The highest BCUT2D eigenvalue weighted by molar-refractivity contribution is 9.09. The number of hydrogen-bond acceptors (Lipinski definition) is 1. The van der Waals surface area contributed by atoms with E-state index in [0.717, 1.165) is 18.3 Å². The molecule has 0 radical (unpaired) electrons. The lowest BCUT2D eigenvalue weighted by Crippen LogP contribution is -2.37. The van der Waals surface area contributed by atoms with Gasteiger partial charge < -0.3 is 4.74 Å². The second-order valence-corrected chi connectivity index (χ2v) is 8.67. The zero-order chi connectivity index (χ0) is 14.0. The number of hydrogen-bond donors (Lipinski definition) is 0. The molecule has 1 aliphatic carbocycles. The molecule has 18 heavy (non-hydrogen) atoms. The van der Waals surface area contributed by atoms with Crippen molar-refractivity contribution in [3.63, 3.8) is 0 Å². The summed E-state index contributed by atoms with van der Waals surface area (Å²) in [6, 6.07) is 0. The number of ether oxygens (including phenoxy) is 1. The molecule has 0 spiro atoms. The van der Waals surface area contributed by atoms with Crippen molar-refractivity contribution < 1.29 is 4.74 Å². The average molecular weight is 319 g/mol. The molecule has 0 amide bonds. The quantitative estimate of drug-likeness (QED) is 0.615. The predicted octanol–water partition coefficient (Wildman–Crippen LogP) is 5.42. The molecule has 0 saturated heterocycles. The summed E-state index contributed by atoms with van der Waals surface area (Å²) in [4.78, 5) is 0.696. The molecular weight excluding hydrogens is 288 g/mol. The van der Waals surface area contributed by atoms with Crippen molar-refractivity contribution in [2.45, 2.75) is 77.2 Å². The molecule has 0 aliphatic heterocycles. The Kier molecular flexibility index (Phi) is 5.74. The van der Waals surface area contributed by atoms with Gasteiger partial charge in [-0.3, -0.25) is 0 Å². The van der Waals surface area contributed by atoms with Crippen LogP contribution in [0, 0.1) is 17.3 Å². The highest BCUT2D eigenvalue weighted by atomic mass is 79.9. The molecule has 1 nitrogen and oxygen atoms in total. The van der Waals surface area contributed by atoms with Crippen molar-refractivity contribution in [3.05, 3.63) is 0 Å². The Balaban J connectivity index is 2.57. The molecule has 0 N–H and O–H groups in total. The van der Waals surface area contributed by atoms with Gasteiger partial charge in [-0.25, -0.2) is 0 Å². The molecule has 0 bridgehead atoms. The molecule has 1 fully saturated rings. The van der Waals surface area contributed by atoms with Crippen LogP contribution in [-0.4, -0.2) is 17.5 Å². The van der Waals surface area contributed by atoms with Crippen molar-refractivity contribution in [2.75, 3.05) is 7.11 Å². The second kappa shape index (κ2) is 6.26. The third-order valence-electron chi connectivity index (χ3n) is 4.96. The Morgan fingerprint density at radius 2 is 1.72 bits per heavy atom. The van der Waals surface area contributed by atoms with E-state index in [0.29, 0.717) is 10.2 Å². The van der Waals surface area contributed by atoms with Gasteiger partial charge in [0, 0.05) is 11.9 Å². The van der Waals surface area contributed by atoms with Crippen LogP contribution in [0.4, 0.5) is 0 Å². The smallest absolute Gasteiger partial charge is 0.0623 e. The maximum absolute atomic E-state index is 5.55. The number of halogens is 1. The standard InChI is InChI=1S/C16H31BrO/c1-12-7-8-13(14(17)11-12)15(2,3)9-10-16(4,5)18-6/h12-14H,7-11H2,1-6H3. The maximum atomic E-state index is 5.55. The van der Waals surface area contributed by atoms with Gasteiger partial charge in [-0.05, 0) is 56.8 Å². The van der Waals surface area contributed by atoms with Gasteiger partial charge >= 0.3 is 0 Å². The molecule has 2 heteroatoms. The van der Waals surface area contributed by atoms with Crippen LogP contribution in [-0.2, 0) is 4.74 Å². The van der Waals surface area contributed by atoms with Crippen LogP contribution in [0.15, 0.2) is 0 Å². The lowest BCUT2D eigenvalue weighted by Gasteiger charge is -2.43. The maximum Gasteiger partial charge on any atom is 0.0623 e. The topological polar surface area (TPSA) is 9.23 Å². The third kappa shape index (κ3) is 4.52. The first kappa shape index (κ1) is 16.5. The molecule has 0 heterocycles. The fraction of sp³-hybridized carbons (Fsp3) is 1.00. The molecule has 1 aliphatic rings. The number of rotatable bonds is 5. The number of alkyl halides is 1. The summed E-state index contributed by atoms with van der Waals surface area (Å²) in [5.41, 5.74) is 0.422. The Hall–Kier alpha value is 0.440. The lowest BCUT2D eigenvalue weighted by molar-refractivity contribution is -0.00164. The molecule has 108 valence electrons. The highest BCUT2D eigenvalue weighted by Crippen LogP contribution is 2.46. The van der Waals surface area contributed by atoms with Gasteiger partial charge in [-0.15, -0.1) is 0 Å². The summed E-state index contributed by atoms with van der Waals surface area (Å²) in [6.07, 6.45) is 6.49. The van der Waals surface area contributed by atoms with Gasteiger partial charge in [0.15, 0.2) is 0 Å². The molecule has 0 aromatic carbocycles. The van der Waals surface area contributed by atoms with E-state index in [1.165, 1.54) is 25.7 Å². The predicted molar refractivity (Wildman–Crippen MR) is 83.3 cm³/mol. The van der Waals surface area contributed by atoms with E-state index in [-0.39, 0.29) is 5.60 Å². The molecular formula is C16H31BrO. The van der Waals surface area contributed by atoms with Crippen LogP contribution >= 0.6 is 15.9 Å². The Bertz CT molecular complexity index is 260. The van der Waals surface area contributed by atoms with E-state index >= 15 is 0 Å². The van der Waals surface area contributed by atoms with E-state index in [4.69, 9.17) is 4.74 Å². The molecule has 3 unspecified atom stereocenters. The second-order valence-electron chi connectivity index (χ2n) is 7.49. The summed E-state index contributed by atoms with van der Waals surface area (Å²) in [6.45, 7) is 11.6. The van der Waals surface area contributed by atoms with Crippen LogP contribution in [0.25, 0.3) is 0 Å². The van der Waals surface area contributed by atoms with Crippen LogP contribution < -0.4 is 0 Å². The van der Waals surface area contributed by atoms with Crippen molar-refractivity contribution >= 4 is 15.9 Å². The minimum absolute atomic E-state index is 0.0149. The van der Waals surface area contributed by atoms with Crippen molar-refractivity contribution in [1.29, 1.82) is 0 Å². The lowest BCUT2D eigenvalue weighted by atomic mass is 9.66. The highest BCUT2D eigenvalue weighted by Gasteiger charge is 2.38. The van der Waals surface area contributed by atoms with Gasteiger partial charge in [0.25, 0.3) is 0 Å². The molecule has 1 rings (SSSR count). The first-order valence-corrected chi connectivity index (χ1v) is 8.29. The molecule has 3 atom stereocenters. The van der Waals surface area contributed by atoms with Crippen molar-refractivity contribution in [3.8, 4) is 0 Å².